The SMILES string of the molecule is Cc1cc(F)ccc1CCc1nc2c(o1)-c1ccccc1C(=O)C2=O. The van der Waals surface area contributed by atoms with Crippen LogP contribution in [-0.2, 0) is 12.8 Å². The van der Waals surface area contributed by atoms with Crippen molar-refractivity contribution in [1.29, 1.82) is 0 Å². The second-order valence-corrected chi connectivity index (χ2v) is 6.06. The number of Topliss-reactive ketones (excluding diaryl/α,β-unsaturated/α-hetero) is 2. The van der Waals surface area contributed by atoms with E-state index in [2.05, 4.69) is 4.98 Å². The van der Waals surface area contributed by atoms with Crippen molar-refractivity contribution < 1.29 is 18.4 Å². The summed E-state index contributed by atoms with van der Waals surface area (Å²) in [5.41, 5.74) is 2.86. The van der Waals surface area contributed by atoms with Gasteiger partial charge in [-0.1, -0.05) is 30.3 Å². The van der Waals surface area contributed by atoms with Crippen LogP contribution in [0.15, 0.2) is 46.9 Å². The second-order valence-electron chi connectivity index (χ2n) is 6.06. The average Bonchev–Trinajstić information content (AvgIpc) is 3.03. The van der Waals surface area contributed by atoms with Crippen molar-refractivity contribution in [2.24, 2.45) is 0 Å². The van der Waals surface area contributed by atoms with Gasteiger partial charge in [0.05, 0.1) is 0 Å². The Morgan fingerprint density at radius 2 is 1.76 bits per heavy atom. The summed E-state index contributed by atoms with van der Waals surface area (Å²) in [5, 5.41) is 0. The molecule has 0 amide bonds. The van der Waals surface area contributed by atoms with Crippen LogP contribution in [0.4, 0.5) is 4.39 Å². The van der Waals surface area contributed by atoms with Crippen LogP contribution in [0.3, 0.4) is 0 Å². The predicted octanol–water partition coefficient (Wildman–Crippen LogP) is 3.95. The lowest BCUT2D eigenvalue weighted by Crippen LogP contribution is -2.20. The summed E-state index contributed by atoms with van der Waals surface area (Å²) in [6.45, 7) is 1.84. The first-order chi connectivity index (χ1) is 12.0. The lowest BCUT2D eigenvalue weighted by molar-refractivity contribution is 0.0812. The topological polar surface area (TPSA) is 60.2 Å². The Labute approximate surface area is 143 Å². The van der Waals surface area contributed by atoms with Gasteiger partial charge in [0.15, 0.2) is 17.3 Å². The maximum atomic E-state index is 13.2. The number of hydrogen-bond acceptors (Lipinski definition) is 4. The summed E-state index contributed by atoms with van der Waals surface area (Å²) >= 11 is 0. The number of aryl methyl sites for hydroxylation is 3. The zero-order valence-electron chi connectivity index (χ0n) is 13.5. The van der Waals surface area contributed by atoms with Crippen molar-refractivity contribution in [2.45, 2.75) is 19.8 Å². The summed E-state index contributed by atoms with van der Waals surface area (Å²) < 4.78 is 19.0. The third-order valence-electron chi connectivity index (χ3n) is 4.42. The Balaban J connectivity index is 1.66. The predicted molar refractivity (Wildman–Crippen MR) is 89.1 cm³/mol. The van der Waals surface area contributed by atoms with Gasteiger partial charge in [-0.2, -0.15) is 0 Å². The number of nitrogens with zero attached hydrogens (tertiary/aromatic N) is 1. The lowest BCUT2D eigenvalue weighted by atomic mass is 9.91. The van der Waals surface area contributed by atoms with Gasteiger partial charge in [0.2, 0.25) is 5.78 Å². The number of ketones is 2. The summed E-state index contributed by atoms with van der Waals surface area (Å²) in [6, 6.07) is 11.5. The summed E-state index contributed by atoms with van der Waals surface area (Å²) in [5.74, 6) is -0.717. The molecule has 3 aromatic rings. The highest BCUT2D eigenvalue weighted by Gasteiger charge is 2.35. The van der Waals surface area contributed by atoms with Crippen molar-refractivity contribution in [3.63, 3.8) is 0 Å². The molecule has 4 nitrogen and oxygen atoms in total. The van der Waals surface area contributed by atoms with Crippen molar-refractivity contribution in [1.82, 2.24) is 4.98 Å². The van der Waals surface area contributed by atoms with Gasteiger partial charge in [0.1, 0.15) is 5.82 Å². The number of halogens is 1. The number of aromatic nitrogens is 1. The molecule has 0 N–H and O–H groups in total. The van der Waals surface area contributed by atoms with E-state index in [1.165, 1.54) is 12.1 Å². The zero-order chi connectivity index (χ0) is 17.6. The molecule has 4 rings (SSSR count). The molecule has 1 aliphatic carbocycles. The van der Waals surface area contributed by atoms with E-state index >= 15 is 0 Å². The van der Waals surface area contributed by atoms with Gasteiger partial charge < -0.3 is 4.42 Å². The Bertz CT molecular complexity index is 1020. The van der Waals surface area contributed by atoms with E-state index in [9.17, 15) is 14.0 Å². The van der Waals surface area contributed by atoms with E-state index in [0.717, 1.165) is 11.1 Å². The third kappa shape index (κ3) is 2.58. The Morgan fingerprint density at radius 3 is 2.52 bits per heavy atom. The highest BCUT2D eigenvalue weighted by atomic mass is 19.1. The normalized spacial score (nSPS) is 12.9. The Kier molecular flexibility index (Phi) is 3.57. The second kappa shape index (κ2) is 5.77. The molecule has 1 heterocycles. The fourth-order valence-corrected chi connectivity index (χ4v) is 3.10. The number of hydrogen-bond donors (Lipinski definition) is 0. The highest BCUT2D eigenvalue weighted by molar-refractivity contribution is 6.52. The Hall–Kier alpha value is -3.08. The summed E-state index contributed by atoms with van der Waals surface area (Å²) in [7, 11) is 0. The average molecular weight is 335 g/mol. The minimum absolute atomic E-state index is 0.0783. The third-order valence-corrected chi connectivity index (χ3v) is 4.42. The van der Waals surface area contributed by atoms with Crippen LogP contribution in [0.25, 0.3) is 11.3 Å². The maximum absolute atomic E-state index is 13.2. The van der Waals surface area contributed by atoms with Gasteiger partial charge in [0, 0.05) is 17.5 Å². The van der Waals surface area contributed by atoms with Crippen LogP contribution in [0, 0.1) is 12.7 Å². The van der Waals surface area contributed by atoms with Crippen molar-refractivity contribution in [3.8, 4) is 11.3 Å². The van der Waals surface area contributed by atoms with E-state index in [0.29, 0.717) is 35.6 Å². The smallest absolute Gasteiger partial charge is 0.255 e. The van der Waals surface area contributed by atoms with Crippen LogP contribution in [0.5, 0.6) is 0 Å². The monoisotopic (exact) mass is 335 g/mol. The fourth-order valence-electron chi connectivity index (χ4n) is 3.10. The van der Waals surface area contributed by atoms with Gasteiger partial charge in [-0.05, 0) is 36.6 Å². The van der Waals surface area contributed by atoms with Gasteiger partial charge >= 0.3 is 0 Å². The summed E-state index contributed by atoms with van der Waals surface area (Å²) in [6.07, 6.45) is 1.07. The van der Waals surface area contributed by atoms with Gasteiger partial charge in [0.25, 0.3) is 5.78 Å². The molecule has 0 atom stereocenters. The van der Waals surface area contributed by atoms with Crippen molar-refractivity contribution >= 4 is 11.6 Å². The van der Waals surface area contributed by atoms with E-state index in [1.807, 2.05) is 6.92 Å². The van der Waals surface area contributed by atoms with Gasteiger partial charge in [-0.3, -0.25) is 9.59 Å². The minimum atomic E-state index is -0.637. The van der Waals surface area contributed by atoms with E-state index in [1.54, 1.807) is 30.3 Å². The number of carbonyl (C=O) groups excluding carboxylic acids is 2. The molecule has 25 heavy (non-hydrogen) atoms. The Morgan fingerprint density at radius 1 is 1.00 bits per heavy atom. The standard InChI is InChI=1S/C20H14FNO3/c1-11-10-13(21)8-6-12(11)7-9-16-22-17-19(24)18(23)14-4-2-3-5-15(14)20(17)25-16/h2-6,8,10H,7,9H2,1H3. The molecule has 0 unspecified atom stereocenters. The number of benzene rings is 2. The van der Waals surface area contributed by atoms with Crippen molar-refractivity contribution in [3.05, 3.63) is 76.6 Å². The van der Waals surface area contributed by atoms with Gasteiger partial charge in [-0.15, -0.1) is 0 Å². The van der Waals surface area contributed by atoms with E-state index in [-0.39, 0.29) is 11.5 Å². The zero-order valence-corrected chi connectivity index (χ0v) is 13.5. The largest absolute Gasteiger partial charge is 0.440 e. The van der Waals surface area contributed by atoms with E-state index < -0.39 is 11.6 Å². The van der Waals surface area contributed by atoms with Crippen LogP contribution in [0.2, 0.25) is 0 Å². The molecular weight excluding hydrogens is 321 g/mol. The molecule has 124 valence electrons. The van der Waals surface area contributed by atoms with E-state index in [4.69, 9.17) is 4.42 Å². The number of oxazole rings is 1. The summed E-state index contributed by atoms with van der Waals surface area (Å²) in [4.78, 5) is 28.7. The van der Waals surface area contributed by atoms with Crippen LogP contribution < -0.4 is 0 Å². The number of carbonyl (C=O) groups is 2. The first-order valence-electron chi connectivity index (χ1n) is 7.98. The highest BCUT2D eigenvalue weighted by Crippen LogP contribution is 2.34. The molecule has 0 saturated carbocycles. The minimum Gasteiger partial charge on any atom is -0.440 e. The van der Waals surface area contributed by atoms with Crippen LogP contribution in [-0.4, -0.2) is 16.6 Å². The first kappa shape index (κ1) is 15.4. The molecule has 0 spiro atoms. The molecule has 1 aliphatic rings. The fraction of sp³-hybridized carbons (Fsp3) is 0.150. The molecule has 0 aliphatic heterocycles. The molecule has 0 bridgehead atoms. The molecule has 0 saturated heterocycles. The number of fused-ring (bicyclic) bond motifs is 3. The molecular formula is C20H14FNO3. The maximum Gasteiger partial charge on any atom is 0.255 e. The molecule has 2 aromatic carbocycles. The van der Waals surface area contributed by atoms with Crippen LogP contribution >= 0.6 is 0 Å². The molecule has 1 aromatic heterocycles. The molecule has 0 fully saturated rings. The molecule has 0 radical (unpaired) electrons. The molecule has 5 heteroatoms. The van der Waals surface area contributed by atoms with Crippen LogP contribution in [0.1, 0.15) is 37.9 Å². The quantitative estimate of drug-likeness (QED) is 0.680. The number of rotatable bonds is 3. The first-order valence-corrected chi connectivity index (χ1v) is 7.98. The lowest BCUT2D eigenvalue weighted by Gasteiger charge is -2.10. The van der Waals surface area contributed by atoms with Gasteiger partial charge in [-0.25, -0.2) is 9.37 Å². The van der Waals surface area contributed by atoms with Crippen molar-refractivity contribution in [2.75, 3.05) is 0 Å².